The molecular formula is C19H21BrN2O2. The number of hydrogen-bond acceptors (Lipinski definition) is 3. The normalized spacial score (nSPS) is 14.6. The number of halogens is 1. The zero-order chi connectivity index (χ0) is 16.9. The highest BCUT2D eigenvalue weighted by Crippen LogP contribution is 2.18. The molecule has 2 aromatic carbocycles. The monoisotopic (exact) mass is 388 g/mol. The lowest BCUT2D eigenvalue weighted by atomic mass is 10.2. The summed E-state index contributed by atoms with van der Waals surface area (Å²) in [5, 5.41) is 0. The molecule has 1 heterocycles. The fourth-order valence-corrected chi connectivity index (χ4v) is 3.07. The maximum Gasteiger partial charge on any atom is 0.260 e. The van der Waals surface area contributed by atoms with E-state index in [-0.39, 0.29) is 12.5 Å². The van der Waals surface area contributed by atoms with E-state index in [9.17, 15) is 4.79 Å². The van der Waals surface area contributed by atoms with Gasteiger partial charge in [-0.1, -0.05) is 28.1 Å². The topological polar surface area (TPSA) is 32.8 Å². The van der Waals surface area contributed by atoms with Crippen molar-refractivity contribution in [2.45, 2.75) is 6.92 Å². The maximum atomic E-state index is 12.3. The molecule has 24 heavy (non-hydrogen) atoms. The largest absolute Gasteiger partial charge is 0.484 e. The van der Waals surface area contributed by atoms with E-state index in [1.54, 1.807) is 0 Å². The van der Waals surface area contributed by atoms with Gasteiger partial charge >= 0.3 is 0 Å². The molecule has 0 spiro atoms. The van der Waals surface area contributed by atoms with Crippen LogP contribution in [0.2, 0.25) is 0 Å². The number of anilines is 1. The number of carbonyl (C=O) groups excluding carboxylic acids is 1. The van der Waals surface area contributed by atoms with E-state index in [1.807, 2.05) is 29.2 Å². The molecule has 0 atom stereocenters. The van der Waals surface area contributed by atoms with Gasteiger partial charge in [0.15, 0.2) is 6.61 Å². The second kappa shape index (κ2) is 7.71. The summed E-state index contributed by atoms with van der Waals surface area (Å²) in [5.41, 5.74) is 2.49. The zero-order valence-corrected chi connectivity index (χ0v) is 15.3. The predicted octanol–water partition coefficient (Wildman–Crippen LogP) is 3.49. The molecule has 4 nitrogen and oxygen atoms in total. The predicted molar refractivity (Wildman–Crippen MR) is 99.6 cm³/mol. The fourth-order valence-electron chi connectivity index (χ4n) is 2.81. The van der Waals surface area contributed by atoms with Gasteiger partial charge in [-0.3, -0.25) is 4.79 Å². The molecule has 0 radical (unpaired) electrons. The number of rotatable bonds is 4. The van der Waals surface area contributed by atoms with E-state index in [4.69, 9.17) is 4.74 Å². The molecular weight excluding hydrogens is 368 g/mol. The maximum absolute atomic E-state index is 12.3. The van der Waals surface area contributed by atoms with Crippen molar-refractivity contribution in [2.75, 3.05) is 37.7 Å². The van der Waals surface area contributed by atoms with Gasteiger partial charge in [0.05, 0.1) is 0 Å². The molecule has 0 bridgehead atoms. The van der Waals surface area contributed by atoms with Crippen molar-refractivity contribution in [1.82, 2.24) is 4.90 Å². The van der Waals surface area contributed by atoms with Gasteiger partial charge in [-0.25, -0.2) is 0 Å². The van der Waals surface area contributed by atoms with Crippen LogP contribution in [0.5, 0.6) is 5.75 Å². The second-order valence-corrected chi connectivity index (χ2v) is 6.87. The highest BCUT2D eigenvalue weighted by Gasteiger charge is 2.21. The Hall–Kier alpha value is -2.01. The van der Waals surface area contributed by atoms with Crippen molar-refractivity contribution in [3.05, 3.63) is 58.6 Å². The van der Waals surface area contributed by atoms with Gasteiger partial charge in [0.2, 0.25) is 0 Å². The molecule has 1 amide bonds. The first-order valence-electron chi connectivity index (χ1n) is 8.09. The van der Waals surface area contributed by atoms with Crippen LogP contribution < -0.4 is 9.64 Å². The Balaban J connectivity index is 1.49. The molecule has 1 fully saturated rings. The minimum atomic E-state index is 0.0433. The van der Waals surface area contributed by atoms with Gasteiger partial charge in [0.25, 0.3) is 5.91 Å². The van der Waals surface area contributed by atoms with Gasteiger partial charge in [-0.05, 0) is 48.9 Å². The van der Waals surface area contributed by atoms with Gasteiger partial charge < -0.3 is 14.5 Å². The van der Waals surface area contributed by atoms with E-state index in [2.05, 4.69) is 52.0 Å². The van der Waals surface area contributed by atoms with Crippen LogP contribution in [0.25, 0.3) is 0 Å². The van der Waals surface area contributed by atoms with Crippen LogP contribution in [-0.2, 0) is 4.79 Å². The average Bonchev–Trinajstić information content (AvgIpc) is 2.61. The lowest BCUT2D eigenvalue weighted by Gasteiger charge is -2.36. The molecule has 1 saturated heterocycles. The van der Waals surface area contributed by atoms with Crippen LogP contribution >= 0.6 is 15.9 Å². The molecule has 3 rings (SSSR count). The third-order valence-corrected chi connectivity index (χ3v) is 4.70. The fraction of sp³-hybridized carbons (Fsp3) is 0.316. The first-order chi connectivity index (χ1) is 11.6. The number of piperazine rings is 1. The smallest absolute Gasteiger partial charge is 0.260 e. The SMILES string of the molecule is Cc1cccc(N2CCN(C(=O)COc3ccc(Br)cc3)CC2)c1. The average molecular weight is 389 g/mol. The van der Waals surface area contributed by atoms with E-state index < -0.39 is 0 Å². The number of hydrogen-bond donors (Lipinski definition) is 0. The van der Waals surface area contributed by atoms with Gasteiger partial charge in [-0.15, -0.1) is 0 Å². The quantitative estimate of drug-likeness (QED) is 0.803. The number of nitrogens with zero attached hydrogens (tertiary/aromatic N) is 2. The molecule has 126 valence electrons. The van der Waals surface area contributed by atoms with Crippen LogP contribution in [0.15, 0.2) is 53.0 Å². The first-order valence-corrected chi connectivity index (χ1v) is 8.89. The van der Waals surface area contributed by atoms with Crippen LogP contribution in [0, 0.1) is 6.92 Å². The summed E-state index contributed by atoms with van der Waals surface area (Å²) in [5.74, 6) is 0.756. The lowest BCUT2D eigenvalue weighted by Crippen LogP contribution is -2.50. The Kier molecular flexibility index (Phi) is 5.41. The number of amides is 1. The molecule has 5 heteroatoms. The minimum Gasteiger partial charge on any atom is -0.484 e. The third kappa shape index (κ3) is 4.29. The van der Waals surface area contributed by atoms with E-state index >= 15 is 0 Å². The number of carbonyl (C=O) groups is 1. The Bertz CT molecular complexity index is 695. The van der Waals surface area contributed by atoms with Crippen molar-refractivity contribution in [3.8, 4) is 5.75 Å². The lowest BCUT2D eigenvalue weighted by molar-refractivity contribution is -0.133. The zero-order valence-electron chi connectivity index (χ0n) is 13.7. The number of benzene rings is 2. The van der Waals surface area contributed by atoms with Crippen LogP contribution in [-0.4, -0.2) is 43.6 Å². The Morgan fingerprint density at radius 2 is 1.79 bits per heavy atom. The van der Waals surface area contributed by atoms with Crippen molar-refractivity contribution in [2.24, 2.45) is 0 Å². The Morgan fingerprint density at radius 3 is 2.46 bits per heavy atom. The Morgan fingerprint density at radius 1 is 1.08 bits per heavy atom. The standard InChI is InChI=1S/C19H21BrN2O2/c1-15-3-2-4-17(13-15)21-9-11-22(12-10-21)19(23)14-24-18-7-5-16(20)6-8-18/h2-8,13H,9-12,14H2,1H3. The van der Waals surface area contributed by atoms with Crippen LogP contribution in [0.1, 0.15) is 5.56 Å². The van der Waals surface area contributed by atoms with E-state index in [0.717, 1.165) is 30.7 Å². The molecule has 0 N–H and O–H groups in total. The summed E-state index contributed by atoms with van der Waals surface area (Å²) < 4.78 is 6.57. The van der Waals surface area contributed by atoms with Gasteiger partial charge in [0, 0.05) is 36.3 Å². The van der Waals surface area contributed by atoms with Crippen molar-refractivity contribution >= 4 is 27.5 Å². The van der Waals surface area contributed by atoms with Crippen LogP contribution in [0.3, 0.4) is 0 Å². The Labute approximate surface area is 151 Å². The molecule has 1 aliphatic rings. The third-order valence-electron chi connectivity index (χ3n) is 4.18. The minimum absolute atomic E-state index is 0.0433. The molecule has 1 aliphatic heterocycles. The van der Waals surface area contributed by atoms with E-state index in [0.29, 0.717) is 5.75 Å². The second-order valence-electron chi connectivity index (χ2n) is 5.95. The molecule has 0 saturated carbocycles. The molecule has 0 aliphatic carbocycles. The van der Waals surface area contributed by atoms with Crippen molar-refractivity contribution in [1.29, 1.82) is 0 Å². The van der Waals surface area contributed by atoms with Crippen molar-refractivity contribution < 1.29 is 9.53 Å². The molecule has 0 unspecified atom stereocenters. The summed E-state index contributed by atoms with van der Waals surface area (Å²) in [6.45, 7) is 5.36. The van der Waals surface area contributed by atoms with Crippen LogP contribution in [0.4, 0.5) is 5.69 Å². The summed E-state index contributed by atoms with van der Waals surface area (Å²) in [7, 11) is 0. The molecule has 2 aromatic rings. The van der Waals surface area contributed by atoms with Gasteiger partial charge in [-0.2, -0.15) is 0 Å². The summed E-state index contributed by atoms with van der Waals surface area (Å²) >= 11 is 3.38. The highest BCUT2D eigenvalue weighted by molar-refractivity contribution is 9.10. The molecule has 0 aromatic heterocycles. The van der Waals surface area contributed by atoms with Gasteiger partial charge in [0.1, 0.15) is 5.75 Å². The number of aryl methyl sites for hydroxylation is 1. The summed E-state index contributed by atoms with van der Waals surface area (Å²) in [6, 6.07) is 16.0. The first kappa shape index (κ1) is 16.8. The van der Waals surface area contributed by atoms with E-state index in [1.165, 1.54) is 11.3 Å². The van der Waals surface area contributed by atoms with Crippen molar-refractivity contribution in [3.63, 3.8) is 0 Å². The summed E-state index contributed by atoms with van der Waals surface area (Å²) in [4.78, 5) is 16.5. The summed E-state index contributed by atoms with van der Waals surface area (Å²) in [6.07, 6.45) is 0. The highest BCUT2D eigenvalue weighted by atomic mass is 79.9. The number of ether oxygens (including phenoxy) is 1.